The Morgan fingerprint density at radius 1 is 1.00 bits per heavy atom. The predicted molar refractivity (Wildman–Crippen MR) is 97.6 cm³/mol. The summed E-state index contributed by atoms with van der Waals surface area (Å²) in [6, 6.07) is 19.3. The van der Waals surface area contributed by atoms with Crippen LogP contribution in [0.4, 0.5) is 0 Å². The molecular weight excluding hydrogens is 280 g/mol. The van der Waals surface area contributed by atoms with Gasteiger partial charge in [-0.3, -0.25) is 4.98 Å². The molecule has 0 bridgehead atoms. The SMILES string of the molecule is C=Cc1ccc(Cn2c3ccccc3c3ccnc(C)c32)cc1. The molecule has 0 spiro atoms. The van der Waals surface area contributed by atoms with Crippen LogP contribution in [-0.4, -0.2) is 9.55 Å². The Labute approximate surface area is 135 Å². The summed E-state index contributed by atoms with van der Waals surface area (Å²) >= 11 is 0. The van der Waals surface area contributed by atoms with Crippen LogP contribution in [0.3, 0.4) is 0 Å². The van der Waals surface area contributed by atoms with Gasteiger partial charge in [-0.15, -0.1) is 0 Å². The molecule has 0 saturated heterocycles. The lowest BCUT2D eigenvalue weighted by Gasteiger charge is -2.09. The first kappa shape index (κ1) is 13.8. The van der Waals surface area contributed by atoms with Crippen molar-refractivity contribution in [3.8, 4) is 0 Å². The maximum atomic E-state index is 4.50. The zero-order chi connectivity index (χ0) is 15.8. The molecule has 23 heavy (non-hydrogen) atoms. The molecule has 0 radical (unpaired) electrons. The molecule has 0 atom stereocenters. The number of aromatic nitrogens is 2. The van der Waals surface area contributed by atoms with Crippen molar-refractivity contribution in [1.29, 1.82) is 0 Å². The summed E-state index contributed by atoms with van der Waals surface area (Å²) in [4.78, 5) is 4.50. The highest BCUT2D eigenvalue weighted by Gasteiger charge is 2.12. The van der Waals surface area contributed by atoms with E-state index in [1.165, 1.54) is 27.4 Å². The van der Waals surface area contributed by atoms with Gasteiger partial charge in [0.2, 0.25) is 0 Å². The molecule has 0 unspecified atom stereocenters. The minimum absolute atomic E-state index is 0.841. The first-order valence-corrected chi connectivity index (χ1v) is 7.82. The lowest BCUT2D eigenvalue weighted by molar-refractivity contribution is 0.862. The van der Waals surface area contributed by atoms with Gasteiger partial charge in [0.25, 0.3) is 0 Å². The summed E-state index contributed by atoms with van der Waals surface area (Å²) < 4.78 is 2.37. The van der Waals surface area contributed by atoms with Crippen LogP contribution in [0.5, 0.6) is 0 Å². The van der Waals surface area contributed by atoms with Gasteiger partial charge in [0.05, 0.1) is 11.2 Å². The molecule has 4 aromatic rings. The fourth-order valence-electron chi connectivity index (χ4n) is 3.28. The predicted octanol–water partition coefficient (Wildman–Crippen LogP) is 5.19. The van der Waals surface area contributed by atoms with E-state index in [2.05, 4.69) is 77.7 Å². The van der Waals surface area contributed by atoms with Gasteiger partial charge < -0.3 is 4.57 Å². The van der Waals surface area contributed by atoms with Gasteiger partial charge >= 0.3 is 0 Å². The number of rotatable bonds is 3. The maximum absolute atomic E-state index is 4.50. The molecule has 2 heterocycles. The molecule has 0 fully saturated rings. The number of aryl methyl sites for hydroxylation is 1. The lowest BCUT2D eigenvalue weighted by atomic mass is 10.1. The highest BCUT2D eigenvalue weighted by Crippen LogP contribution is 2.30. The fraction of sp³-hybridized carbons (Fsp3) is 0.0952. The van der Waals surface area contributed by atoms with Gasteiger partial charge in [0, 0.05) is 29.0 Å². The van der Waals surface area contributed by atoms with E-state index in [4.69, 9.17) is 0 Å². The van der Waals surface area contributed by atoms with Crippen LogP contribution in [0.1, 0.15) is 16.8 Å². The van der Waals surface area contributed by atoms with E-state index in [0.29, 0.717) is 0 Å². The van der Waals surface area contributed by atoms with E-state index in [0.717, 1.165) is 17.8 Å². The summed E-state index contributed by atoms with van der Waals surface area (Å²) in [5.74, 6) is 0. The summed E-state index contributed by atoms with van der Waals surface area (Å²) in [6.07, 6.45) is 3.77. The molecule has 0 N–H and O–H groups in total. The Morgan fingerprint density at radius 3 is 2.57 bits per heavy atom. The first-order chi connectivity index (χ1) is 11.3. The Kier molecular flexibility index (Phi) is 3.23. The van der Waals surface area contributed by atoms with E-state index in [9.17, 15) is 0 Å². The van der Waals surface area contributed by atoms with E-state index in [-0.39, 0.29) is 0 Å². The minimum Gasteiger partial charge on any atom is -0.334 e. The standard InChI is InChI=1S/C21H18N2/c1-3-16-8-10-17(11-9-16)14-23-20-7-5-4-6-18(20)19-12-13-22-15(2)21(19)23/h3-13H,1,14H2,2H3. The molecule has 0 aliphatic rings. The maximum Gasteiger partial charge on any atom is 0.0710 e. The topological polar surface area (TPSA) is 17.8 Å². The van der Waals surface area contributed by atoms with Crippen LogP contribution >= 0.6 is 0 Å². The second kappa shape index (κ2) is 5.40. The Balaban J connectivity index is 1.94. The normalized spacial score (nSPS) is 11.2. The molecule has 4 rings (SSSR count). The fourth-order valence-corrected chi connectivity index (χ4v) is 3.28. The van der Waals surface area contributed by atoms with Crippen molar-refractivity contribution in [3.05, 3.63) is 84.2 Å². The summed E-state index contributed by atoms with van der Waals surface area (Å²) in [7, 11) is 0. The van der Waals surface area contributed by atoms with Crippen molar-refractivity contribution in [2.45, 2.75) is 13.5 Å². The van der Waals surface area contributed by atoms with E-state index >= 15 is 0 Å². The van der Waals surface area contributed by atoms with Crippen molar-refractivity contribution >= 4 is 27.9 Å². The van der Waals surface area contributed by atoms with Crippen LogP contribution in [0.25, 0.3) is 27.9 Å². The van der Waals surface area contributed by atoms with Crippen LogP contribution in [-0.2, 0) is 6.54 Å². The number of nitrogens with zero attached hydrogens (tertiary/aromatic N) is 2. The zero-order valence-corrected chi connectivity index (χ0v) is 13.2. The highest BCUT2D eigenvalue weighted by atomic mass is 15.0. The summed E-state index contributed by atoms with van der Waals surface area (Å²) in [6.45, 7) is 6.74. The number of hydrogen-bond donors (Lipinski definition) is 0. The average Bonchev–Trinajstić information content (AvgIpc) is 2.91. The molecule has 0 aliphatic carbocycles. The van der Waals surface area contributed by atoms with Gasteiger partial charge in [-0.25, -0.2) is 0 Å². The molecule has 2 heteroatoms. The van der Waals surface area contributed by atoms with Crippen LogP contribution in [0.15, 0.2) is 67.4 Å². The second-order valence-electron chi connectivity index (χ2n) is 5.84. The van der Waals surface area contributed by atoms with Gasteiger partial charge in [0.1, 0.15) is 0 Å². The number of benzene rings is 2. The third kappa shape index (κ3) is 2.23. The number of fused-ring (bicyclic) bond motifs is 3. The van der Waals surface area contributed by atoms with E-state index < -0.39 is 0 Å². The van der Waals surface area contributed by atoms with Crippen molar-refractivity contribution in [3.63, 3.8) is 0 Å². The Morgan fingerprint density at radius 2 is 1.78 bits per heavy atom. The third-order valence-corrected chi connectivity index (χ3v) is 4.42. The minimum atomic E-state index is 0.841. The summed E-state index contributed by atoms with van der Waals surface area (Å²) in [5, 5.41) is 2.56. The average molecular weight is 298 g/mol. The number of pyridine rings is 1. The Hall–Kier alpha value is -2.87. The number of para-hydroxylation sites is 1. The van der Waals surface area contributed by atoms with Gasteiger partial charge in [-0.05, 0) is 30.2 Å². The van der Waals surface area contributed by atoms with E-state index in [1.807, 2.05) is 12.3 Å². The molecule has 2 aromatic heterocycles. The molecule has 0 saturated carbocycles. The highest BCUT2D eigenvalue weighted by molar-refractivity contribution is 6.08. The van der Waals surface area contributed by atoms with Crippen molar-refractivity contribution in [2.75, 3.05) is 0 Å². The third-order valence-electron chi connectivity index (χ3n) is 4.42. The van der Waals surface area contributed by atoms with Crippen LogP contribution in [0.2, 0.25) is 0 Å². The largest absolute Gasteiger partial charge is 0.334 e. The smallest absolute Gasteiger partial charge is 0.0710 e. The molecular formula is C21H18N2. The van der Waals surface area contributed by atoms with Crippen molar-refractivity contribution in [1.82, 2.24) is 9.55 Å². The first-order valence-electron chi connectivity index (χ1n) is 7.82. The van der Waals surface area contributed by atoms with Crippen LogP contribution in [0, 0.1) is 6.92 Å². The van der Waals surface area contributed by atoms with Crippen LogP contribution < -0.4 is 0 Å². The Bertz CT molecular complexity index is 1010. The van der Waals surface area contributed by atoms with Gasteiger partial charge in [-0.2, -0.15) is 0 Å². The molecule has 2 nitrogen and oxygen atoms in total. The number of hydrogen-bond acceptors (Lipinski definition) is 1. The second-order valence-corrected chi connectivity index (χ2v) is 5.84. The van der Waals surface area contributed by atoms with Gasteiger partial charge in [-0.1, -0.05) is 55.1 Å². The van der Waals surface area contributed by atoms with Gasteiger partial charge in [0.15, 0.2) is 0 Å². The molecule has 2 aromatic carbocycles. The molecule has 0 aliphatic heterocycles. The lowest BCUT2D eigenvalue weighted by Crippen LogP contribution is -2.01. The monoisotopic (exact) mass is 298 g/mol. The van der Waals surface area contributed by atoms with E-state index in [1.54, 1.807) is 0 Å². The van der Waals surface area contributed by atoms with Crippen molar-refractivity contribution in [2.24, 2.45) is 0 Å². The molecule has 0 amide bonds. The zero-order valence-electron chi connectivity index (χ0n) is 13.2. The molecule has 112 valence electrons. The van der Waals surface area contributed by atoms with Crippen molar-refractivity contribution < 1.29 is 0 Å². The quantitative estimate of drug-likeness (QED) is 0.509. The summed E-state index contributed by atoms with van der Waals surface area (Å²) in [5.41, 5.74) is 5.98.